The highest BCUT2D eigenvalue weighted by Crippen LogP contribution is 2.39. The molecule has 2 unspecified atom stereocenters. The van der Waals surface area contributed by atoms with Crippen molar-refractivity contribution in [1.82, 2.24) is 5.32 Å². The minimum absolute atomic E-state index is 0.0944. The SMILES string of the molecule is CNC1CC2CCCC(C1)N2c1cc(Br)ccc1F. The third-order valence-corrected chi connectivity index (χ3v) is 5.06. The van der Waals surface area contributed by atoms with Crippen molar-refractivity contribution in [3.8, 4) is 0 Å². The summed E-state index contributed by atoms with van der Waals surface area (Å²) in [5, 5.41) is 3.40. The van der Waals surface area contributed by atoms with Crippen molar-refractivity contribution in [2.75, 3.05) is 11.9 Å². The van der Waals surface area contributed by atoms with E-state index in [1.54, 1.807) is 12.1 Å². The number of nitrogens with one attached hydrogen (secondary N) is 1. The molecule has 0 spiro atoms. The van der Waals surface area contributed by atoms with Gasteiger partial charge in [-0.05, 0) is 57.4 Å². The van der Waals surface area contributed by atoms with Crippen LogP contribution >= 0.6 is 15.9 Å². The van der Waals surface area contributed by atoms with Gasteiger partial charge in [0.2, 0.25) is 0 Å². The summed E-state index contributed by atoms with van der Waals surface area (Å²) in [6, 6.07) is 6.82. The van der Waals surface area contributed by atoms with Crippen molar-refractivity contribution < 1.29 is 4.39 Å². The Morgan fingerprint density at radius 1 is 1.26 bits per heavy atom. The number of nitrogens with zero attached hydrogens (tertiary/aromatic N) is 1. The molecule has 2 aliphatic heterocycles. The van der Waals surface area contributed by atoms with Gasteiger partial charge in [0, 0.05) is 22.6 Å². The van der Waals surface area contributed by atoms with Crippen molar-refractivity contribution in [1.29, 1.82) is 0 Å². The van der Waals surface area contributed by atoms with E-state index in [1.165, 1.54) is 19.3 Å². The van der Waals surface area contributed by atoms with Crippen LogP contribution in [0.5, 0.6) is 0 Å². The first-order chi connectivity index (χ1) is 9.19. The lowest BCUT2D eigenvalue weighted by molar-refractivity contribution is 0.250. The van der Waals surface area contributed by atoms with E-state index in [9.17, 15) is 4.39 Å². The zero-order chi connectivity index (χ0) is 13.4. The molecule has 2 fully saturated rings. The van der Waals surface area contributed by atoms with Gasteiger partial charge in [-0.25, -0.2) is 4.39 Å². The first kappa shape index (κ1) is 13.4. The Hall–Kier alpha value is -0.610. The summed E-state index contributed by atoms with van der Waals surface area (Å²) in [6.45, 7) is 0. The highest BCUT2D eigenvalue weighted by atomic mass is 79.9. The molecular formula is C15H20BrFN2. The molecule has 0 saturated carbocycles. The lowest BCUT2D eigenvalue weighted by Gasteiger charge is -2.50. The summed E-state index contributed by atoms with van der Waals surface area (Å²) in [5.41, 5.74) is 0.777. The molecule has 0 amide bonds. The van der Waals surface area contributed by atoms with Crippen LogP contribution in [0.1, 0.15) is 32.1 Å². The first-order valence-electron chi connectivity index (χ1n) is 7.09. The maximum absolute atomic E-state index is 14.2. The molecule has 4 heteroatoms. The second-order valence-corrected chi connectivity index (χ2v) is 6.61. The molecule has 2 aliphatic rings. The van der Waals surface area contributed by atoms with E-state index in [4.69, 9.17) is 0 Å². The van der Waals surface area contributed by atoms with E-state index in [0.717, 1.165) is 23.0 Å². The van der Waals surface area contributed by atoms with Crippen LogP contribution < -0.4 is 10.2 Å². The van der Waals surface area contributed by atoms with E-state index >= 15 is 0 Å². The Morgan fingerprint density at radius 3 is 2.58 bits per heavy atom. The maximum Gasteiger partial charge on any atom is 0.146 e. The second-order valence-electron chi connectivity index (χ2n) is 5.70. The molecular weight excluding hydrogens is 307 g/mol. The van der Waals surface area contributed by atoms with Crippen LogP contribution in [0.4, 0.5) is 10.1 Å². The molecule has 3 rings (SSSR count). The number of piperidine rings is 2. The van der Waals surface area contributed by atoms with Crippen molar-refractivity contribution in [2.24, 2.45) is 0 Å². The molecule has 1 N–H and O–H groups in total. The molecule has 104 valence electrons. The molecule has 2 nitrogen and oxygen atoms in total. The van der Waals surface area contributed by atoms with Crippen molar-refractivity contribution >= 4 is 21.6 Å². The van der Waals surface area contributed by atoms with Crippen molar-refractivity contribution in [3.05, 3.63) is 28.5 Å². The van der Waals surface area contributed by atoms with Gasteiger partial charge in [0.05, 0.1) is 5.69 Å². The average Bonchev–Trinajstić information content (AvgIpc) is 2.40. The lowest BCUT2D eigenvalue weighted by Crippen LogP contribution is -2.56. The molecule has 2 atom stereocenters. The highest BCUT2D eigenvalue weighted by Gasteiger charge is 2.38. The summed E-state index contributed by atoms with van der Waals surface area (Å²) in [5.74, 6) is -0.0944. The average molecular weight is 327 g/mol. The van der Waals surface area contributed by atoms with Gasteiger partial charge in [0.25, 0.3) is 0 Å². The second kappa shape index (κ2) is 5.41. The predicted octanol–water partition coefficient (Wildman–Crippen LogP) is 3.70. The van der Waals surface area contributed by atoms with E-state index in [-0.39, 0.29) is 5.82 Å². The van der Waals surface area contributed by atoms with E-state index in [0.29, 0.717) is 18.1 Å². The van der Waals surface area contributed by atoms with Gasteiger partial charge in [-0.2, -0.15) is 0 Å². The van der Waals surface area contributed by atoms with Gasteiger partial charge in [-0.3, -0.25) is 0 Å². The van der Waals surface area contributed by atoms with Gasteiger partial charge in [-0.15, -0.1) is 0 Å². The van der Waals surface area contributed by atoms with Gasteiger partial charge in [0.15, 0.2) is 0 Å². The zero-order valence-corrected chi connectivity index (χ0v) is 12.8. The first-order valence-corrected chi connectivity index (χ1v) is 7.89. The quantitative estimate of drug-likeness (QED) is 0.891. The van der Waals surface area contributed by atoms with Gasteiger partial charge in [0.1, 0.15) is 5.82 Å². The van der Waals surface area contributed by atoms with Crippen LogP contribution in [0.25, 0.3) is 0 Å². The molecule has 0 aromatic heterocycles. The Labute approximate surface area is 122 Å². The number of rotatable bonds is 2. The highest BCUT2D eigenvalue weighted by molar-refractivity contribution is 9.10. The number of benzene rings is 1. The third-order valence-electron chi connectivity index (χ3n) is 4.57. The minimum atomic E-state index is -0.0944. The van der Waals surface area contributed by atoms with Crippen LogP contribution in [0.3, 0.4) is 0 Å². The lowest BCUT2D eigenvalue weighted by atomic mass is 9.81. The summed E-state index contributed by atoms with van der Waals surface area (Å²) >= 11 is 3.46. The van der Waals surface area contributed by atoms with E-state index in [1.807, 2.05) is 13.1 Å². The Balaban J connectivity index is 1.93. The minimum Gasteiger partial charge on any atom is -0.363 e. The fraction of sp³-hybridized carbons (Fsp3) is 0.600. The van der Waals surface area contributed by atoms with Crippen molar-refractivity contribution in [3.63, 3.8) is 0 Å². The molecule has 0 aliphatic carbocycles. The number of hydrogen-bond donors (Lipinski definition) is 1. The maximum atomic E-state index is 14.2. The number of halogens is 2. The largest absolute Gasteiger partial charge is 0.363 e. The van der Waals surface area contributed by atoms with Crippen LogP contribution in [0.15, 0.2) is 22.7 Å². The molecule has 1 aromatic carbocycles. The Morgan fingerprint density at radius 2 is 1.95 bits per heavy atom. The van der Waals surface area contributed by atoms with Gasteiger partial charge >= 0.3 is 0 Å². The third kappa shape index (κ3) is 2.52. The van der Waals surface area contributed by atoms with Crippen LogP contribution in [0, 0.1) is 5.82 Å². The van der Waals surface area contributed by atoms with Gasteiger partial charge < -0.3 is 10.2 Å². The standard InChI is InChI=1S/C15H20BrFN2/c1-18-11-8-12-3-2-4-13(9-11)19(12)15-7-10(16)5-6-14(15)17/h5-7,11-13,18H,2-4,8-9H2,1H3. The van der Waals surface area contributed by atoms with Crippen molar-refractivity contribution in [2.45, 2.75) is 50.2 Å². The van der Waals surface area contributed by atoms with E-state index < -0.39 is 0 Å². The zero-order valence-electron chi connectivity index (χ0n) is 11.2. The van der Waals surface area contributed by atoms with Crippen LogP contribution in [-0.2, 0) is 0 Å². The summed E-state index contributed by atoms with van der Waals surface area (Å²) in [6.07, 6.45) is 5.89. The molecule has 2 heterocycles. The fourth-order valence-corrected chi connectivity index (χ4v) is 4.04. The van der Waals surface area contributed by atoms with Crippen LogP contribution in [-0.4, -0.2) is 25.2 Å². The Kier molecular flexibility index (Phi) is 3.81. The Bertz CT molecular complexity index is 451. The number of hydrogen-bond acceptors (Lipinski definition) is 2. The normalized spacial score (nSPS) is 30.5. The molecule has 19 heavy (non-hydrogen) atoms. The van der Waals surface area contributed by atoms with E-state index in [2.05, 4.69) is 26.1 Å². The topological polar surface area (TPSA) is 15.3 Å². The fourth-order valence-electron chi connectivity index (χ4n) is 3.69. The summed E-state index contributed by atoms with van der Waals surface area (Å²) in [7, 11) is 2.04. The smallest absolute Gasteiger partial charge is 0.146 e. The molecule has 2 bridgehead atoms. The number of fused-ring (bicyclic) bond motifs is 2. The summed E-state index contributed by atoms with van der Waals surface area (Å²) in [4.78, 5) is 2.34. The molecule has 1 aromatic rings. The molecule has 2 saturated heterocycles. The van der Waals surface area contributed by atoms with Crippen LogP contribution in [0.2, 0.25) is 0 Å². The van der Waals surface area contributed by atoms with Gasteiger partial charge in [-0.1, -0.05) is 15.9 Å². The monoisotopic (exact) mass is 326 g/mol. The summed E-state index contributed by atoms with van der Waals surface area (Å²) < 4.78 is 15.1. The predicted molar refractivity (Wildman–Crippen MR) is 80.1 cm³/mol. The number of anilines is 1. The molecule has 0 radical (unpaired) electrons.